The molecule has 0 bridgehead atoms. The predicted octanol–water partition coefficient (Wildman–Crippen LogP) is 0.405. The molecule has 0 atom stereocenters. The number of primary amides is 1. The molecule has 0 unspecified atom stereocenters. The van der Waals surface area contributed by atoms with Crippen LogP contribution in [0, 0.1) is 0 Å². The first kappa shape index (κ1) is 6.41. The molecule has 1 heterocycles. The van der Waals surface area contributed by atoms with Crippen LogP contribution < -0.4 is 5.73 Å². The molecule has 0 spiro atoms. The molecule has 4 nitrogen and oxygen atoms in total. The van der Waals surface area contributed by atoms with Gasteiger partial charge in [-0.1, -0.05) is 0 Å². The Morgan fingerprint density at radius 3 is 3.11 bits per heavy atom. The number of hydrazone groups is 1. The zero-order valence-electron chi connectivity index (χ0n) is 4.78. The maximum absolute atomic E-state index is 10.2. The SMILES string of the molecule is NC(=O)SN1CCC=N1. The minimum atomic E-state index is -0.408. The average molecular weight is 145 g/mol. The van der Waals surface area contributed by atoms with Crippen molar-refractivity contribution < 1.29 is 4.79 Å². The molecule has 1 rings (SSSR count). The number of hydrogen-bond acceptors (Lipinski definition) is 4. The van der Waals surface area contributed by atoms with Crippen LogP contribution in [0.25, 0.3) is 0 Å². The van der Waals surface area contributed by atoms with Gasteiger partial charge in [0.05, 0.1) is 18.5 Å². The van der Waals surface area contributed by atoms with Crippen LogP contribution in [-0.2, 0) is 0 Å². The van der Waals surface area contributed by atoms with E-state index in [9.17, 15) is 4.79 Å². The Hall–Kier alpha value is -0.710. The summed E-state index contributed by atoms with van der Waals surface area (Å²) >= 11 is 0.936. The number of rotatable bonds is 1. The van der Waals surface area contributed by atoms with E-state index in [0.29, 0.717) is 0 Å². The summed E-state index contributed by atoms with van der Waals surface area (Å²) in [4.78, 5) is 10.2. The maximum atomic E-state index is 10.2. The van der Waals surface area contributed by atoms with Gasteiger partial charge in [0.1, 0.15) is 0 Å². The Morgan fingerprint density at radius 1 is 1.89 bits per heavy atom. The standard InChI is InChI=1S/C4H7N3OS/c5-4(8)9-7-3-1-2-6-7/h2H,1,3H2,(H2,5,8). The molecule has 0 aromatic heterocycles. The van der Waals surface area contributed by atoms with Crippen molar-refractivity contribution in [3.63, 3.8) is 0 Å². The van der Waals surface area contributed by atoms with E-state index in [4.69, 9.17) is 5.73 Å². The van der Waals surface area contributed by atoms with Crippen molar-refractivity contribution in [3.05, 3.63) is 0 Å². The average Bonchev–Trinajstić information content (AvgIpc) is 2.15. The van der Waals surface area contributed by atoms with Gasteiger partial charge in [-0.15, -0.1) is 0 Å². The molecule has 0 aliphatic carbocycles. The zero-order valence-corrected chi connectivity index (χ0v) is 5.60. The third kappa shape index (κ3) is 1.93. The van der Waals surface area contributed by atoms with Crippen LogP contribution in [0.1, 0.15) is 6.42 Å². The Kier molecular flexibility index (Phi) is 1.94. The van der Waals surface area contributed by atoms with E-state index in [2.05, 4.69) is 5.10 Å². The van der Waals surface area contributed by atoms with Gasteiger partial charge in [0.15, 0.2) is 0 Å². The molecule has 2 N–H and O–H groups in total. The number of hydrogen-bond donors (Lipinski definition) is 1. The summed E-state index contributed by atoms with van der Waals surface area (Å²) in [6.45, 7) is 0.785. The quantitative estimate of drug-likeness (QED) is 0.543. The largest absolute Gasteiger partial charge is 0.359 e. The van der Waals surface area contributed by atoms with Crippen LogP contribution in [0.4, 0.5) is 4.79 Å². The summed E-state index contributed by atoms with van der Waals surface area (Å²) in [5.74, 6) is 0. The maximum Gasteiger partial charge on any atom is 0.298 e. The summed E-state index contributed by atoms with van der Waals surface area (Å²) < 4.78 is 1.57. The van der Waals surface area contributed by atoms with Crippen LogP contribution in [0.2, 0.25) is 0 Å². The lowest BCUT2D eigenvalue weighted by Gasteiger charge is -2.06. The van der Waals surface area contributed by atoms with Crippen LogP contribution in [0.5, 0.6) is 0 Å². The van der Waals surface area contributed by atoms with Crippen molar-refractivity contribution in [1.29, 1.82) is 0 Å². The fraction of sp³-hybridized carbons (Fsp3) is 0.500. The molecule has 0 saturated carbocycles. The van der Waals surface area contributed by atoms with Gasteiger partial charge in [0.2, 0.25) is 0 Å². The van der Waals surface area contributed by atoms with E-state index in [1.54, 1.807) is 10.6 Å². The first-order valence-corrected chi connectivity index (χ1v) is 3.34. The molecular weight excluding hydrogens is 138 g/mol. The molecule has 1 amide bonds. The van der Waals surface area contributed by atoms with Crippen LogP contribution in [0.3, 0.4) is 0 Å². The van der Waals surface area contributed by atoms with E-state index >= 15 is 0 Å². The van der Waals surface area contributed by atoms with E-state index in [0.717, 1.165) is 24.9 Å². The Labute approximate surface area is 57.2 Å². The lowest BCUT2D eigenvalue weighted by atomic mass is 10.5. The van der Waals surface area contributed by atoms with Gasteiger partial charge in [-0.25, -0.2) is 4.41 Å². The summed E-state index contributed by atoms with van der Waals surface area (Å²) in [5.41, 5.74) is 4.88. The highest BCUT2D eigenvalue weighted by Gasteiger charge is 2.08. The second kappa shape index (κ2) is 2.72. The monoisotopic (exact) mass is 145 g/mol. The zero-order chi connectivity index (χ0) is 6.69. The molecule has 0 aromatic rings. The minimum Gasteiger partial charge on any atom is -0.359 e. The molecule has 5 heteroatoms. The highest BCUT2D eigenvalue weighted by Crippen LogP contribution is 2.13. The molecule has 1 aliphatic rings. The first-order valence-electron chi connectivity index (χ1n) is 2.56. The molecule has 1 aliphatic heterocycles. The van der Waals surface area contributed by atoms with E-state index in [-0.39, 0.29) is 0 Å². The van der Waals surface area contributed by atoms with Crippen molar-refractivity contribution in [2.75, 3.05) is 6.54 Å². The Balaban J connectivity index is 2.28. The van der Waals surface area contributed by atoms with Crippen LogP contribution in [-0.4, -0.2) is 22.4 Å². The fourth-order valence-corrected chi connectivity index (χ4v) is 1.07. The van der Waals surface area contributed by atoms with Crippen LogP contribution in [0.15, 0.2) is 5.10 Å². The van der Waals surface area contributed by atoms with Gasteiger partial charge in [-0.2, -0.15) is 5.10 Å². The number of carbonyl (C=O) groups is 1. The summed E-state index contributed by atoms with van der Waals surface area (Å²) in [6.07, 6.45) is 2.66. The van der Waals surface area contributed by atoms with Gasteiger partial charge < -0.3 is 5.73 Å². The molecule has 50 valence electrons. The second-order valence-corrected chi connectivity index (χ2v) is 2.58. The van der Waals surface area contributed by atoms with Gasteiger partial charge in [-0.05, 0) is 0 Å². The Bertz CT molecular complexity index is 147. The summed E-state index contributed by atoms with van der Waals surface area (Å²) in [6, 6.07) is 0. The highest BCUT2D eigenvalue weighted by molar-refractivity contribution is 8.11. The lowest BCUT2D eigenvalue weighted by molar-refractivity contribution is 0.266. The predicted molar refractivity (Wildman–Crippen MR) is 37.0 cm³/mol. The molecule has 0 aromatic carbocycles. The second-order valence-electron chi connectivity index (χ2n) is 1.57. The number of amides is 1. The normalized spacial score (nSPS) is 16.7. The third-order valence-electron chi connectivity index (χ3n) is 0.855. The van der Waals surface area contributed by atoms with Crippen LogP contribution >= 0.6 is 11.9 Å². The number of nitrogens with zero attached hydrogens (tertiary/aromatic N) is 2. The summed E-state index contributed by atoms with van der Waals surface area (Å²) in [5, 5.41) is 3.44. The van der Waals surface area contributed by atoms with Crippen molar-refractivity contribution in [1.82, 2.24) is 4.41 Å². The molecule has 0 radical (unpaired) electrons. The topological polar surface area (TPSA) is 58.7 Å². The van der Waals surface area contributed by atoms with Gasteiger partial charge in [0.25, 0.3) is 5.24 Å². The smallest absolute Gasteiger partial charge is 0.298 e. The van der Waals surface area contributed by atoms with E-state index in [1.807, 2.05) is 0 Å². The first-order chi connectivity index (χ1) is 4.29. The molecule has 9 heavy (non-hydrogen) atoms. The molecule has 0 fully saturated rings. The lowest BCUT2D eigenvalue weighted by Crippen LogP contribution is -2.12. The minimum absolute atomic E-state index is 0.408. The van der Waals surface area contributed by atoms with Crippen molar-refractivity contribution in [2.24, 2.45) is 10.8 Å². The van der Waals surface area contributed by atoms with E-state index in [1.165, 1.54) is 0 Å². The van der Waals surface area contributed by atoms with Gasteiger partial charge in [-0.3, -0.25) is 4.79 Å². The Morgan fingerprint density at radius 2 is 2.67 bits per heavy atom. The molecular formula is C4H7N3OS. The van der Waals surface area contributed by atoms with Gasteiger partial charge >= 0.3 is 0 Å². The fourth-order valence-electron chi connectivity index (χ4n) is 0.548. The number of carbonyl (C=O) groups excluding carboxylic acids is 1. The molecule has 0 saturated heterocycles. The van der Waals surface area contributed by atoms with Gasteiger partial charge in [0, 0.05) is 12.6 Å². The van der Waals surface area contributed by atoms with Crippen molar-refractivity contribution in [3.8, 4) is 0 Å². The van der Waals surface area contributed by atoms with Crippen molar-refractivity contribution >= 4 is 23.4 Å². The number of nitrogens with two attached hydrogens (primary N) is 1. The highest BCUT2D eigenvalue weighted by atomic mass is 32.2. The van der Waals surface area contributed by atoms with E-state index < -0.39 is 5.24 Å². The van der Waals surface area contributed by atoms with Crippen molar-refractivity contribution in [2.45, 2.75) is 6.42 Å². The third-order valence-corrected chi connectivity index (χ3v) is 1.52. The summed E-state index contributed by atoms with van der Waals surface area (Å²) in [7, 11) is 0.